The number of nitriles is 4. The van der Waals surface area contributed by atoms with Crippen LogP contribution in [0.1, 0.15) is 193 Å². The van der Waals surface area contributed by atoms with Crippen molar-refractivity contribution in [1.29, 1.82) is 21.0 Å². The molecule has 8 unspecified atom stereocenters. The van der Waals surface area contributed by atoms with Crippen molar-refractivity contribution in [3.05, 3.63) is 186 Å². The topological polar surface area (TPSA) is 316 Å². The standard InChI is InChI=1S/C31H42N4O4S.C26H34N4O2S.C26H33N3O4S.C24H28FN3O2S/c1-19(2)27-14-24-25(15-32)29(34-28(26(24)18-37-27)35-16-20(3)38-21(4)17-35)40-13-12-22-8-10-23(11-9-22)33-30(36)39-31(5,6)7;1-16(2)24-11-21-22(12-27)26(33-10-9-19-5-7-20(28)8-6-19)29-25(23(21)15-31-24)30-13-17(3)32-18(4)14-30;1-17(2)23-14-19-20(15-27)26(28-25(21(19)16-33-23)29-8-10-32-11-9-29)34-12-7-18-5-6-22(30-3)24(13-18)31-4;1-16(2)22-13-19-20(14-26)24(31-12-7-17-3-5-18(25)6-4-17)27-23(21(19)15-30-22)28-8-10-29-11-9-28/h8-11,19-21,27H,12-14,16-18H2,1-7H3,(H,33,36);5-8,16-18,24H,9-11,13-15,28H2,1-4H3;5-6,13,17,23H,7-12,14,16H2,1-4H3;3-6,16,22H,7-13,15H2,1-2H3. The number of amides is 1. The Balaban J connectivity index is 0.000000156. The zero-order chi connectivity index (χ0) is 98.4. The van der Waals surface area contributed by atoms with Gasteiger partial charge < -0.3 is 77.4 Å². The Morgan fingerprint density at radius 2 is 0.739 bits per heavy atom. The molecule has 0 saturated carbocycles. The van der Waals surface area contributed by atoms with Crippen LogP contribution in [0.4, 0.5) is 43.8 Å². The third-order valence-electron chi connectivity index (χ3n) is 25.8. The van der Waals surface area contributed by atoms with Gasteiger partial charge in [-0.2, -0.15) is 21.0 Å². The van der Waals surface area contributed by atoms with Gasteiger partial charge in [-0.1, -0.05) is 97.9 Å². The Morgan fingerprint density at radius 1 is 0.442 bits per heavy atom. The first-order valence-electron chi connectivity index (χ1n) is 48.6. The van der Waals surface area contributed by atoms with Gasteiger partial charge in [-0.15, -0.1) is 47.0 Å². The third-order valence-corrected chi connectivity index (χ3v) is 29.7. The maximum absolute atomic E-state index is 13.2. The average Bonchev–Trinajstić information content (AvgIpc) is 0.771. The van der Waals surface area contributed by atoms with Crippen LogP contribution in [-0.4, -0.2) is 196 Å². The number of halogens is 1. The van der Waals surface area contributed by atoms with Crippen molar-refractivity contribution in [3.8, 4) is 35.8 Å². The minimum atomic E-state index is -0.547. The van der Waals surface area contributed by atoms with E-state index in [1.165, 1.54) is 17.7 Å². The number of nitrogens with zero attached hydrogens (tertiary/aromatic N) is 12. The molecule has 8 aliphatic rings. The summed E-state index contributed by atoms with van der Waals surface area (Å²) in [6.45, 7) is 42.2. The van der Waals surface area contributed by atoms with Crippen LogP contribution >= 0.6 is 47.0 Å². The fourth-order valence-corrected chi connectivity index (χ4v) is 22.3. The molecule has 12 heterocycles. The summed E-state index contributed by atoms with van der Waals surface area (Å²) in [5.74, 6) is 9.74. The number of hydrogen-bond donors (Lipinski definition) is 2. The Hall–Kier alpha value is -9.68. The molecule has 3 N–H and O–H groups in total. The number of nitrogens with two attached hydrogens (primary N) is 1. The van der Waals surface area contributed by atoms with E-state index in [4.69, 9.17) is 77.8 Å². The average molecular weight is 1960 g/mol. The van der Waals surface area contributed by atoms with Crippen LogP contribution < -0.4 is 40.1 Å². The molecule has 0 aliphatic carbocycles. The summed E-state index contributed by atoms with van der Waals surface area (Å²) in [6, 6.07) is 38.2. The molecule has 4 aromatic heterocycles. The molecule has 16 rings (SSSR count). The van der Waals surface area contributed by atoms with E-state index in [0.717, 1.165) is 254 Å². The highest BCUT2D eigenvalue weighted by Crippen LogP contribution is 2.45. The molecule has 4 aromatic carbocycles. The number of pyridine rings is 4. The molecule has 0 bridgehead atoms. The Kier molecular flexibility index (Phi) is 38.4. The largest absolute Gasteiger partial charge is 0.493 e. The minimum Gasteiger partial charge on any atom is -0.493 e. The van der Waals surface area contributed by atoms with Crippen molar-refractivity contribution in [2.45, 2.75) is 256 Å². The van der Waals surface area contributed by atoms with E-state index in [1.807, 2.05) is 81.4 Å². The summed E-state index contributed by atoms with van der Waals surface area (Å²) in [5.41, 5.74) is 22.8. The number of nitrogen functional groups attached to an aromatic ring is 1. The number of benzene rings is 4. The number of thioether (sulfide) groups is 4. The Labute approximate surface area is 832 Å². The van der Waals surface area contributed by atoms with E-state index in [0.29, 0.717) is 98.9 Å². The fraction of sp³-hybridized carbons (Fsp3) is 0.542. The van der Waals surface area contributed by atoms with E-state index >= 15 is 0 Å². The lowest BCUT2D eigenvalue weighted by Gasteiger charge is -2.39. The van der Waals surface area contributed by atoms with Gasteiger partial charge in [0.05, 0.1) is 138 Å². The Morgan fingerprint density at radius 3 is 1.04 bits per heavy atom. The van der Waals surface area contributed by atoms with Crippen molar-refractivity contribution >= 4 is 87.8 Å². The van der Waals surface area contributed by atoms with Gasteiger partial charge >= 0.3 is 6.09 Å². The monoisotopic (exact) mass is 1960 g/mol. The van der Waals surface area contributed by atoms with E-state index in [9.17, 15) is 30.2 Å². The fourth-order valence-electron chi connectivity index (χ4n) is 18.3. The number of fused-ring (bicyclic) bond motifs is 4. The van der Waals surface area contributed by atoms with Crippen molar-refractivity contribution in [2.24, 2.45) is 23.7 Å². The predicted octanol–water partition coefficient (Wildman–Crippen LogP) is 19.5. The molecule has 31 heteroatoms. The van der Waals surface area contributed by atoms with Gasteiger partial charge in [-0.05, 0) is 191 Å². The summed E-state index contributed by atoms with van der Waals surface area (Å²) >= 11 is 6.55. The van der Waals surface area contributed by atoms with Crippen LogP contribution in [0.25, 0.3) is 0 Å². The van der Waals surface area contributed by atoms with E-state index < -0.39 is 11.7 Å². The second-order valence-corrected chi connectivity index (χ2v) is 43.1. The molecule has 138 heavy (non-hydrogen) atoms. The molecule has 8 aliphatic heterocycles. The number of hydrogen-bond acceptors (Lipinski definition) is 29. The van der Waals surface area contributed by atoms with Gasteiger partial charge in [-0.25, -0.2) is 29.1 Å². The second-order valence-electron chi connectivity index (χ2n) is 38.7. The van der Waals surface area contributed by atoms with E-state index in [2.05, 4.69) is 150 Å². The molecular weight excluding hydrogens is 1820 g/mol. The highest BCUT2D eigenvalue weighted by molar-refractivity contribution is 8.00. The van der Waals surface area contributed by atoms with Crippen molar-refractivity contribution in [1.82, 2.24) is 19.9 Å². The maximum Gasteiger partial charge on any atom is 0.412 e. The number of methoxy groups -OCH3 is 2. The first-order chi connectivity index (χ1) is 66.4. The van der Waals surface area contributed by atoms with Gasteiger partial charge in [0.1, 0.15) is 79.1 Å². The molecule has 1 amide bonds. The number of carbonyl (C=O) groups is 1. The van der Waals surface area contributed by atoms with Crippen LogP contribution in [0, 0.1) is 74.8 Å². The van der Waals surface area contributed by atoms with Crippen LogP contribution in [0.5, 0.6) is 11.5 Å². The number of morpholine rings is 4. The maximum atomic E-state index is 13.2. The zero-order valence-electron chi connectivity index (χ0n) is 83.2. The smallest absolute Gasteiger partial charge is 0.412 e. The van der Waals surface area contributed by atoms with E-state index in [1.54, 1.807) is 61.3 Å². The lowest BCUT2D eigenvalue weighted by atomic mass is 9.91. The number of carbonyl (C=O) groups excluding carboxylic acids is 1. The predicted molar refractivity (Wildman–Crippen MR) is 546 cm³/mol. The highest BCUT2D eigenvalue weighted by Gasteiger charge is 2.39. The van der Waals surface area contributed by atoms with Crippen LogP contribution in [0.2, 0.25) is 0 Å². The SMILES string of the molecule is CC(C)C1Cc2c(C#N)c(SCCc3ccc(F)cc3)nc(N3CCOCC3)c2CO1.CC1CN(c2nc(SCCc3ccc(N)cc3)c(C#N)c3c2COC(C(C)C)C3)CC(C)O1.CC1CN(c2nc(SCCc3ccc(NC(=O)OC(C)(C)C)cc3)c(C#N)c3c2COC(C(C)C)C3)CC(C)O1.COc1ccc(CCSc2nc(N3CCOCC3)c3c(c2C#N)CC(C(C)C)OC3)cc1OC. The Bertz CT molecular complexity index is 5600. The molecule has 8 aromatic rings. The summed E-state index contributed by atoms with van der Waals surface area (Å²) in [4.78, 5) is 41.4. The summed E-state index contributed by atoms with van der Waals surface area (Å²) in [5, 5.41) is 46.5. The van der Waals surface area contributed by atoms with Crippen LogP contribution in [0.15, 0.2) is 111 Å². The van der Waals surface area contributed by atoms with Gasteiger partial charge in [0.25, 0.3) is 0 Å². The van der Waals surface area contributed by atoms with Crippen LogP contribution in [-0.2, 0) is 120 Å². The number of nitrogens with one attached hydrogen (secondary N) is 1. The van der Waals surface area contributed by atoms with Gasteiger partial charge in [0, 0.05) is 135 Å². The number of anilines is 6. The summed E-state index contributed by atoms with van der Waals surface area (Å²) < 4.78 is 77.1. The van der Waals surface area contributed by atoms with Crippen molar-refractivity contribution < 1.29 is 61.3 Å². The van der Waals surface area contributed by atoms with Gasteiger partial charge in [0.2, 0.25) is 0 Å². The molecule has 0 radical (unpaired) electrons. The summed E-state index contributed by atoms with van der Waals surface area (Å²) in [7, 11) is 3.29. The lowest BCUT2D eigenvalue weighted by Crippen LogP contribution is -2.46. The molecule has 26 nitrogen and oxygen atoms in total. The third kappa shape index (κ3) is 28.0. The first-order valence-corrected chi connectivity index (χ1v) is 52.5. The molecule has 4 saturated heterocycles. The summed E-state index contributed by atoms with van der Waals surface area (Å²) in [6.07, 6.45) is 6.73. The molecule has 8 atom stereocenters. The first kappa shape index (κ1) is 106. The zero-order valence-corrected chi connectivity index (χ0v) is 86.5. The molecular formula is C107H137FN14O12S4. The lowest BCUT2D eigenvalue weighted by molar-refractivity contribution is -0.00830. The molecule has 4 fully saturated rings. The minimum absolute atomic E-state index is 0.0861. The second kappa shape index (κ2) is 50.1. The van der Waals surface area contributed by atoms with Gasteiger partial charge in [-0.3, -0.25) is 5.32 Å². The van der Waals surface area contributed by atoms with Crippen molar-refractivity contribution in [2.75, 3.05) is 147 Å². The molecule has 738 valence electrons. The quantitative estimate of drug-likeness (QED) is 0.0357. The number of ether oxygens (including phenoxy) is 11. The normalized spacial score (nSPS) is 20.2. The van der Waals surface area contributed by atoms with E-state index in [-0.39, 0.29) is 54.6 Å². The van der Waals surface area contributed by atoms with Crippen LogP contribution in [0.3, 0.4) is 0 Å². The number of aryl methyl sites for hydroxylation is 4. The number of aromatic nitrogens is 4. The highest BCUT2D eigenvalue weighted by atomic mass is 32.2. The van der Waals surface area contributed by atoms with Crippen molar-refractivity contribution in [3.63, 3.8) is 0 Å². The number of rotatable bonds is 27. The van der Waals surface area contributed by atoms with Gasteiger partial charge in [0.15, 0.2) is 11.5 Å². The molecule has 0 spiro atoms.